The smallest absolute Gasteiger partial charge is 0.328 e. The van der Waals surface area contributed by atoms with E-state index in [1.807, 2.05) is 0 Å². The number of nitrogens with zero attached hydrogens (tertiary/aromatic N) is 1. The maximum Gasteiger partial charge on any atom is 0.328 e. The summed E-state index contributed by atoms with van der Waals surface area (Å²) < 4.78 is 18.1. The molecule has 0 aliphatic rings. The Hall–Kier alpha value is -2.09. The van der Waals surface area contributed by atoms with Crippen molar-refractivity contribution in [2.24, 2.45) is 0 Å². The summed E-state index contributed by atoms with van der Waals surface area (Å²) in [5.74, 6) is -2.00. The summed E-state index contributed by atoms with van der Waals surface area (Å²) in [6.07, 6.45) is 0. The lowest BCUT2D eigenvalue weighted by molar-refractivity contribution is -0.141. The highest BCUT2D eigenvalue weighted by atomic mass is 19.1. The molecule has 1 N–H and O–H groups in total. The Balaban J connectivity index is 3.30. The van der Waals surface area contributed by atoms with Crippen molar-refractivity contribution >= 4 is 5.97 Å². The molecule has 1 atom stereocenters. The highest BCUT2D eigenvalue weighted by molar-refractivity contribution is 5.84. The van der Waals surface area contributed by atoms with Crippen LogP contribution >= 0.6 is 0 Å². The van der Waals surface area contributed by atoms with Crippen molar-refractivity contribution in [3.63, 3.8) is 0 Å². The Morgan fingerprint density at radius 2 is 2.25 bits per heavy atom. The molecular formula is C11H10FNO3. The van der Waals surface area contributed by atoms with E-state index >= 15 is 0 Å². The van der Waals surface area contributed by atoms with Gasteiger partial charge in [0.1, 0.15) is 0 Å². The Labute approximate surface area is 91.9 Å². The second-order valence-electron chi connectivity index (χ2n) is 3.39. The normalized spacial score (nSPS) is 13.6. The Bertz CT molecular complexity index is 467. The average Bonchev–Trinajstić information content (AvgIpc) is 2.27. The number of benzene rings is 1. The zero-order valence-corrected chi connectivity index (χ0v) is 8.82. The van der Waals surface area contributed by atoms with Gasteiger partial charge in [-0.3, -0.25) is 4.79 Å². The quantitative estimate of drug-likeness (QED) is 0.846. The minimum atomic E-state index is -1.76. The number of methoxy groups -OCH3 is 1. The van der Waals surface area contributed by atoms with E-state index < -0.39 is 17.2 Å². The number of nitriles is 1. The van der Waals surface area contributed by atoms with Crippen LogP contribution in [-0.2, 0) is 10.2 Å². The van der Waals surface area contributed by atoms with E-state index in [1.165, 1.54) is 26.2 Å². The van der Waals surface area contributed by atoms with Gasteiger partial charge >= 0.3 is 5.97 Å². The first kappa shape index (κ1) is 12.0. The Morgan fingerprint density at radius 1 is 1.62 bits per heavy atom. The van der Waals surface area contributed by atoms with E-state index in [0.29, 0.717) is 0 Å². The zero-order valence-electron chi connectivity index (χ0n) is 8.82. The molecule has 0 saturated carbocycles. The van der Waals surface area contributed by atoms with Gasteiger partial charge in [0.05, 0.1) is 13.2 Å². The Morgan fingerprint density at radius 3 is 2.62 bits per heavy atom. The van der Waals surface area contributed by atoms with Gasteiger partial charge < -0.3 is 9.84 Å². The fourth-order valence-electron chi connectivity index (χ4n) is 1.21. The first-order valence-electron chi connectivity index (χ1n) is 4.44. The van der Waals surface area contributed by atoms with Gasteiger partial charge in [0.2, 0.25) is 0 Å². The summed E-state index contributed by atoms with van der Waals surface area (Å²) in [5, 5.41) is 17.8. The van der Waals surface area contributed by atoms with Crippen molar-refractivity contribution in [2.75, 3.05) is 7.11 Å². The minimum Gasteiger partial charge on any atom is -0.494 e. The predicted octanol–water partition coefficient (Wildman–Crippen LogP) is 1.70. The maximum atomic E-state index is 13.4. The van der Waals surface area contributed by atoms with E-state index in [0.717, 1.165) is 6.07 Å². The molecule has 1 rings (SSSR count). The lowest BCUT2D eigenvalue weighted by Gasteiger charge is -2.17. The van der Waals surface area contributed by atoms with Gasteiger partial charge in [-0.05, 0) is 24.6 Å². The molecule has 1 aromatic carbocycles. The van der Waals surface area contributed by atoms with Crippen LogP contribution in [0, 0.1) is 17.1 Å². The van der Waals surface area contributed by atoms with Crippen LogP contribution in [0.3, 0.4) is 0 Å². The number of carboxylic acids is 1. The van der Waals surface area contributed by atoms with Gasteiger partial charge in [0, 0.05) is 0 Å². The lowest BCUT2D eigenvalue weighted by atomic mass is 9.84. The third-order valence-electron chi connectivity index (χ3n) is 2.38. The zero-order chi connectivity index (χ0) is 12.3. The maximum absolute atomic E-state index is 13.4. The minimum absolute atomic E-state index is 0.00873. The molecule has 0 heterocycles. The summed E-state index contributed by atoms with van der Waals surface area (Å²) in [4.78, 5) is 10.9. The van der Waals surface area contributed by atoms with Gasteiger partial charge in [0.25, 0.3) is 0 Å². The fourth-order valence-corrected chi connectivity index (χ4v) is 1.21. The molecule has 1 unspecified atom stereocenters. The summed E-state index contributed by atoms with van der Waals surface area (Å²) in [6, 6.07) is 5.30. The van der Waals surface area contributed by atoms with Crippen LogP contribution in [0.2, 0.25) is 0 Å². The molecule has 16 heavy (non-hydrogen) atoms. The first-order valence-corrected chi connectivity index (χ1v) is 4.44. The highest BCUT2D eigenvalue weighted by Gasteiger charge is 2.36. The predicted molar refractivity (Wildman–Crippen MR) is 53.6 cm³/mol. The number of hydrogen-bond acceptors (Lipinski definition) is 3. The third-order valence-corrected chi connectivity index (χ3v) is 2.38. The van der Waals surface area contributed by atoms with Crippen LogP contribution in [0.5, 0.6) is 5.75 Å². The number of rotatable bonds is 3. The first-order chi connectivity index (χ1) is 7.45. The average molecular weight is 223 g/mol. The van der Waals surface area contributed by atoms with Gasteiger partial charge in [-0.2, -0.15) is 5.26 Å². The molecule has 0 bridgehead atoms. The van der Waals surface area contributed by atoms with Crippen molar-refractivity contribution in [3.05, 3.63) is 29.6 Å². The van der Waals surface area contributed by atoms with Crippen molar-refractivity contribution < 1.29 is 19.0 Å². The van der Waals surface area contributed by atoms with Gasteiger partial charge in [-0.1, -0.05) is 6.07 Å². The number of aliphatic carboxylic acids is 1. The number of carboxylic acid groups (broad SMARTS) is 1. The fraction of sp³-hybridized carbons (Fsp3) is 0.273. The second-order valence-corrected chi connectivity index (χ2v) is 3.39. The molecule has 4 nitrogen and oxygen atoms in total. The van der Waals surface area contributed by atoms with Crippen molar-refractivity contribution in [1.82, 2.24) is 0 Å². The van der Waals surface area contributed by atoms with Gasteiger partial charge in [0.15, 0.2) is 17.0 Å². The molecule has 0 aliphatic carbocycles. The molecule has 0 fully saturated rings. The van der Waals surface area contributed by atoms with Crippen LogP contribution in [-0.4, -0.2) is 18.2 Å². The molecular weight excluding hydrogens is 213 g/mol. The summed E-state index contributed by atoms with van der Waals surface area (Å²) >= 11 is 0. The van der Waals surface area contributed by atoms with Crippen molar-refractivity contribution in [2.45, 2.75) is 12.3 Å². The SMILES string of the molecule is COc1ccc(C(C)(C#N)C(=O)O)cc1F. The standard InChI is InChI=1S/C11H10FNO3/c1-11(6-13,10(14)15)7-3-4-9(16-2)8(12)5-7/h3-5H,1-2H3,(H,14,15). The number of hydrogen-bond donors (Lipinski definition) is 1. The number of carbonyl (C=O) groups is 1. The molecule has 1 aromatic rings. The molecule has 0 aliphatic heterocycles. The van der Waals surface area contributed by atoms with Gasteiger partial charge in [-0.25, -0.2) is 4.39 Å². The van der Waals surface area contributed by atoms with Gasteiger partial charge in [-0.15, -0.1) is 0 Å². The monoisotopic (exact) mass is 223 g/mol. The van der Waals surface area contributed by atoms with Crippen LogP contribution < -0.4 is 4.74 Å². The second kappa shape index (κ2) is 4.19. The topological polar surface area (TPSA) is 70.3 Å². The van der Waals surface area contributed by atoms with E-state index in [4.69, 9.17) is 15.1 Å². The van der Waals surface area contributed by atoms with Crippen LogP contribution in [0.25, 0.3) is 0 Å². The molecule has 84 valence electrons. The molecule has 0 aromatic heterocycles. The lowest BCUT2D eigenvalue weighted by Crippen LogP contribution is -2.30. The summed E-state index contributed by atoms with van der Waals surface area (Å²) in [5.41, 5.74) is -1.67. The highest BCUT2D eigenvalue weighted by Crippen LogP contribution is 2.27. The van der Waals surface area contributed by atoms with Crippen LogP contribution in [0.1, 0.15) is 12.5 Å². The molecule has 0 amide bonds. The van der Waals surface area contributed by atoms with Crippen LogP contribution in [0.15, 0.2) is 18.2 Å². The van der Waals surface area contributed by atoms with E-state index in [2.05, 4.69) is 0 Å². The summed E-state index contributed by atoms with van der Waals surface area (Å²) in [7, 11) is 1.30. The molecule has 0 spiro atoms. The summed E-state index contributed by atoms with van der Waals surface area (Å²) in [6.45, 7) is 1.22. The molecule has 0 radical (unpaired) electrons. The van der Waals surface area contributed by atoms with E-state index in [1.54, 1.807) is 6.07 Å². The largest absolute Gasteiger partial charge is 0.494 e. The molecule has 5 heteroatoms. The van der Waals surface area contributed by atoms with E-state index in [9.17, 15) is 9.18 Å². The van der Waals surface area contributed by atoms with Crippen LogP contribution in [0.4, 0.5) is 4.39 Å². The number of ether oxygens (including phenoxy) is 1. The molecule has 0 saturated heterocycles. The number of halogens is 1. The Kier molecular flexibility index (Phi) is 3.14. The van der Waals surface area contributed by atoms with E-state index in [-0.39, 0.29) is 11.3 Å². The van der Waals surface area contributed by atoms with Crippen molar-refractivity contribution in [1.29, 1.82) is 5.26 Å². The van der Waals surface area contributed by atoms with Crippen molar-refractivity contribution in [3.8, 4) is 11.8 Å². The third kappa shape index (κ3) is 1.82.